The van der Waals surface area contributed by atoms with Gasteiger partial charge in [-0.3, -0.25) is 4.98 Å². The van der Waals surface area contributed by atoms with Crippen LogP contribution in [-0.4, -0.2) is 47.4 Å². The fourth-order valence-corrected chi connectivity index (χ4v) is 5.88. The molecule has 4 aromatic rings. The monoisotopic (exact) mass is 542 g/mol. The van der Waals surface area contributed by atoms with E-state index < -0.39 is 12.6 Å². The number of benzene rings is 1. The van der Waals surface area contributed by atoms with Gasteiger partial charge in [-0.05, 0) is 43.0 Å². The Labute approximate surface area is 223 Å². The molecule has 3 heterocycles. The van der Waals surface area contributed by atoms with Crippen LogP contribution in [0.15, 0.2) is 55.1 Å². The molecule has 2 atom stereocenters. The molecule has 2 N–H and O–H groups in total. The van der Waals surface area contributed by atoms with Crippen LogP contribution >= 0.6 is 11.3 Å². The number of ether oxygens (including phenoxy) is 1. The number of rotatable bonds is 9. The number of methoxy groups -OCH3 is 1. The number of pyridine rings is 1. The van der Waals surface area contributed by atoms with E-state index in [9.17, 15) is 13.2 Å². The normalized spacial score (nSPS) is 17.6. The van der Waals surface area contributed by atoms with E-state index in [1.165, 1.54) is 11.9 Å². The topological polar surface area (TPSA) is 75.2 Å². The van der Waals surface area contributed by atoms with Crippen LogP contribution in [0.3, 0.4) is 0 Å². The Balaban J connectivity index is 1.16. The molecule has 3 aromatic heterocycles. The summed E-state index contributed by atoms with van der Waals surface area (Å²) in [6, 6.07) is 12.3. The number of fused-ring (bicyclic) bond motifs is 1. The lowest BCUT2D eigenvalue weighted by molar-refractivity contribution is -0.126. The second-order valence-electron chi connectivity index (χ2n) is 9.51. The molecule has 5 rings (SSSR count). The molecule has 0 spiro atoms. The molecule has 0 amide bonds. The summed E-state index contributed by atoms with van der Waals surface area (Å²) >= 11 is 1.08. The zero-order chi connectivity index (χ0) is 26.7. The van der Waals surface area contributed by atoms with Gasteiger partial charge in [0.15, 0.2) is 0 Å². The molecule has 1 fully saturated rings. The second-order valence-corrected chi connectivity index (χ2v) is 10.6. The number of aromatic nitrogens is 3. The van der Waals surface area contributed by atoms with Crippen LogP contribution in [-0.2, 0) is 13.0 Å². The Morgan fingerprint density at radius 2 is 1.89 bits per heavy atom. The molecule has 1 saturated carbocycles. The van der Waals surface area contributed by atoms with Crippen LogP contribution in [0.2, 0.25) is 0 Å². The molecule has 1 aliphatic carbocycles. The minimum absolute atomic E-state index is 0.250. The maximum atomic E-state index is 12.9. The van der Waals surface area contributed by atoms with Crippen LogP contribution in [0, 0.1) is 0 Å². The van der Waals surface area contributed by atoms with Gasteiger partial charge in [0.25, 0.3) is 0 Å². The summed E-state index contributed by atoms with van der Waals surface area (Å²) in [5.41, 5.74) is 3.01. The Morgan fingerprint density at radius 1 is 1.08 bits per heavy atom. The molecule has 200 valence electrons. The van der Waals surface area contributed by atoms with Crippen molar-refractivity contribution in [3.05, 3.63) is 65.6 Å². The minimum atomic E-state index is -4.24. The Morgan fingerprint density at radius 3 is 2.66 bits per heavy atom. The molecule has 38 heavy (non-hydrogen) atoms. The van der Waals surface area contributed by atoms with E-state index >= 15 is 0 Å². The van der Waals surface area contributed by atoms with E-state index in [0.29, 0.717) is 27.8 Å². The molecule has 0 unspecified atom stereocenters. The van der Waals surface area contributed by atoms with Gasteiger partial charge in [0, 0.05) is 42.3 Å². The van der Waals surface area contributed by atoms with Crippen molar-refractivity contribution in [2.75, 3.05) is 24.4 Å². The lowest BCUT2D eigenvalue weighted by Crippen LogP contribution is -2.33. The summed E-state index contributed by atoms with van der Waals surface area (Å²) in [6.45, 7) is 0.755. The van der Waals surface area contributed by atoms with Crippen molar-refractivity contribution in [2.24, 2.45) is 0 Å². The summed E-state index contributed by atoms with van der Waals surface area (Å²) in [5.74, 6) is 1.39. The van der Waals surface area contributed by atoms with Crippen LogP contribution < -0.4 is 20.3 Å². The van der Waals surface area contributed by atoms with Crippen molar-refractivity contribution < 1.29 is 17.9 Å². The average molecular weight is 543 g/mol. The predicted molar refractivity (Wildman–Crippen MR) is 144 cm³/mol. The van der Waals surface area contributed by atoms with Crippen LogP contribution in [0.25, 0.3) is 10.2 Å². The third kappa shape index (κ3) is 6.33. The van der Waals surface area contributed by atoms with Crippen LogP contribution in [0.4, 0.5) is 30.4 Å². The number of nitrogens with zero attached hydrogens (tertiary/aromatic N) is 4. The zero-order valence-corrected chi connectivity index (χ0v) is 21.9. The van der Waals surface area contributed by atoms with Gasteiger partial charge in [-0.25, -0.2) is 9.97 Å². The van der Waals surface area contributed by atoms with Gasteiger partial charge in [0.1, 0.15) is 22.7 Å². The highest BCUT2D eigenvalue weighted by Crippen LogP contribution is 2.36. The van der Waals surface area contributed by atoms with Gasteiger partial charge >= 0.3 is 6.18 Å². The van der Waals surface area contributed by atoms with Gasteiger partial charge in [-0.2, -0.15) is 13.2 Å². The highest BCUT2D eigenvalue weighted by Gasteiger charge is 2.31. The van der Waals surface area contributed by atoms with Gasteiger partial charge in [-0.15, -0.1) is 11.3 Å². The zero-order valence-electron chi connectivity index (χ0n) is 21.1. The highest BCUT2D eigenvalue weighted by atomic mass is 32.1. The maximum Gasteiger partial charge on any atom is 0.393 e. The molecular formula is C27H29F3N6OS. The molecule has 7 nitrogen and oxygen atoms in total. The standard InChI is InChI=1S/C27H29F3N6OS/c1-36(25-24-11-23(12-27(28,29)30)38-26(24)34-16-33-25)21-8-7-19(9-21)32-13-17-3-5-18(6-4-17)35-20-10-22(37-2)15-31-14-20/h3-6,10-11,14-16,19,21,32,35H,7-9,12-13H2,1-2H3/t19-,21+/m0/s1. The first-order valence-corrected chi connectivity index (χ1v) is 13.2. The number of alkyl halides is 3. The number of halogens is 3. The smallest absolute Gasteiger partial charge is 0.393 e. The lowest BCUT2D eigenvalue weighted by Gasteiger charge is -2.26. The molecule has 0 radical (unpaired) electrons. The number of anilines is 3. The Kier molecular flexibility index (Phi) is 7.66. The molecule has 1 aromatic carbocycles. The summed E-state index contributed by atoms with van der Waals surface area (Å²) in [6.07, 6.45) is 2.61. The molecular weight excluding hydrogens is 513 g/mol. The fraction of sp³-hybridized carbons (Fsp3) is 0.370. The quantitative estimate of drug-likeness (QED) is 0.265. The van der Waals surface area contributed by atoms with Crippen molar-refractivity contribution in [1.82, 2.24) is 20.3 Å². The molecule has 0 saturated heterocycles. The maximum absolute atomic E-state index is 12.9. The van der Waals surface area contributed by atoms with Gasteiger partial charge in [0.2, 0.25) is 0 Å². The average Bonchev–Trinajstić information content (AvgIpc) is 3.53. The number of hydrogen-bond acceptors (Lipinski definition) is 8. The van der Waals surface area contributed by atoms with Crippen molar-refractivity contribution in [1.29, 1.82) is 0 Å². The van der Waals surface area contributed by atoms with Crippen LogP contribution in [0.5, 0.6) is 5.75 Å². The van der Waals surface area contributed by atoms with E-state index in [1.54, 1.807) is 25.6 Å². The van der Waals surface area contributed by atoms with E-state index in [-0.39, 0.29) is 10.9 Å². The van der Waals surface area contributed by atoms with E-state index in [2.05, 4.69) is 42.6 Å². The lowest BCUT2D eigenvalue weighted by atomic mass is 10.1. The fourth-order valence-electron chi connectivity index (χ4n) is 4.86. The molecule has 0 bridgehead atoms. The van der Waals surface area contributed by atoms with Crippen molar-refractivity contribution in [2.45, 2.75) is 50.5 Å². The first kappa shape index (κ1) is 26.2. The highest BCUT2D eigenvalue weighted by molar-refractivity contribution is 7.18. The summed E-state index contributed by atoms with van der Waals surface area (Å²) in [4.78, 5) is 15.7. The number of nitrogens with one attached hydrogen (secondary N) is 2. The summed E-state index contributed by atoms with van der Waals surface area (Å²) in [7, 11) is 3.59. The van der Waals surface area contributed by atoms with Gasteiger partial charge in [0.05, 0.1) is 37.0 Å². The predicted octanol–water partition coefficient (Wildman–Crippen LogP) is 6.09. The first-order valence-electron chi connectivity index (χ1n) is 12.4. The van der Waals surface area contributed by atoms with E-state index in [1.807, 2.05) is 25.2 Å². The SMILES string of the molecule is COc1cncc(Nc2ccc(CN[C@H]3CC[C@@H](N(C)c4ncnc5sc(CC(F)(F)F)cc45)C3)cc2)c1. The van der Waals surface area contributed by atoms with E-state index in [4.69, 9.17) is 4.74 Å². The van der Waals surface area contributed by atoms with Gasteiger partial charge in [-0.1, -0.05) is 12.1 Å². The van der Waals surface area contributed by atoms with Crippen molar-refractivity contribution in [3.8, 4) is 5.75 Å². The number of hydrogen-bond donors (Lipinski definition) is 2. The molecule has 1 aliphatic rings. The minimum Gasteiger partial charge on any atom is -0.495 e. The van der Waals surface area contributed by atoms with E-state index in [0.717, 1.165) is 48.5 Å². The summed E-state index contributed by atoms with van der Waals surface area (Å²) in [5, 5.41) is 7.67. The Bertz CT molecular complexity index is 1380. The second kappa shape index (κ2) is 11.1. The van der Waals surface area contributed by atoms with Crippen LogP contribution in [0.1, 0.15) is 29.7 Å². The molecule has 0 aliphatic heterocycles. The third-order valence-electron chi connectivity index (χ3n) is 6.81. The largest absolute Gasteiger partial charge is 0.495 e. The summed E-state index contributed by atoms with van der Waals surface area (Å²) < 4.78 is 43.9. The van der Waals surface area contributed by atoms with Crippen molar-refractivity contribution >= 4 is 38.7 Å². The number of thiophene rings is 1. The Hall–Kier alpha value is -3.44. The third-order valence-corrected chi connectivity index (χ3v) is 7.85. The first-order chi connectivity index (χ1) is 18.3. The van der Waals surface area contributed by atoms with Crippen molar-refractivity contribution in [3.63, 3.8) is 0 Å². The van der Waals surface area contributed by atoms with Gasteiger partial charge < -0.3 is 20.3 Å². The molecule has 11 heteroatoms.